The lowest BCUT2D eigenvalue weighted by Gasteiger charge is -2.29. The van der Waals surface area contributed by atoms with Crippen LogP contribution in [0.5, 0.6) is 0 Å². The van der Waals surface area contributed by atoms with Crippen LogP contribution in [-0.4, -0.2) is 42.3 Å². The lowest BCUT2D eigenvalue weighted by molar-refractivity contribution is -0.149. The number of hydrogen-bond donors (Lipinski definition) is 0. The normalized spacial score (nSPS) is 20.7. The van der Waals surface area contributed by atoms with Crippen LogP contribution in [0.2, 0.25) is 10.0 Å². The van der Waals surface area contributed by atoms with Gasteiger partial charge in [0, 0.05) is 13.1 Å². The lowest BCUT2D eigenvalue weighted by Crippen LogP contribution is -2.41. The molecule has 2 atom stereocenters. The molecule has 1 saturated heterocycles. The maximum atomic E-state index is 12.7. The molecule has 5 nitrogen and oxygen atoms in total. The van der Waals surface area contributed by atoms with Crippen molar-refractivity contribution in [3.8, 4) is 0 Å². The molecule has 1 amide bonds. The molecule has 150 valence electrons. The Labute approximate surface area is 170 Å². The summed E-state index contributed by atoms with van der Waals surface area (Å²) < 4.78 is 10.8. The standard InChI is InChI=1S/C20H27Cl2NO4/c1-5-26-18(24)15-12-23(19(25)27-20(2,3)4)10-6-7-14(15)13-8-9-16(21)17(22)11-13/h8-9,11,14-15H,5-7,10,12H2,1-4H3. The van der Waals surface area contributed by atoms with Crippen LogP contribution < -0.4 is 0 Å². The van der Waals surface area contributed by atoms with E-state index in [2.05, 4.69) is 0 Å². The van der Waals surface area contributed by atoms with E-state index in [-0.39, 0.29) is 25.0 Å². The summed E-state index contributed by atoms with van der Waals surface area (Å²) in [7, 11) is 0. The molecule has 1 aliphatic rings. The Bertz CT molecular complexity index is 687. The van der Waals surface area contributed by atoms with Gasteiger partial charge >= 0.3 is 12.1 Å². The van der Waals surface area contributed by atoms with Gasteiger partial charge in [0.2, 0.25) is 0 Å². The van der Waals surface area contributed by atoms with Gasteiger partial charge in [-0.1, -0.05) is 29.3 Å². The van der Waals surface area contributed by atoms with Crippen molar-refractivity contribution in [1.82, 2.24) is 4.90 Å². The summed E-state index contributed by atoms with van der Waals surface area (Å²) in [5.41, 5.74) is 0.333. The highest BCUT2D eigenvalue weighted by molar-refractivity contribution is 6.42. The average Bonchev–Trinajstić information content (AvgIpc) is 2.79. The van der Waals surface area contributed by atoms with Gasteiger partial charge in [0.15, 0.2) is 0 Å². The summed E-state index contributed by atoms with van der Waals surface area (Å²) in [6, 6.07) is 5.41. The fourth-order valence-electron chi connectivity index (χ4n) is 3.28. The Morgan fingerprint density at radius 3 is 2.52 bits per heavy atom. The van der Waals surface area contributed by atoms with Gasteiger partial charge in [0.05, 0.1) is 22.6 Å². The second-order valence-corrected chi connectivity index (χ2v) is 8.52. The van der Waals surface area contributed by atoms with Gasteiger partial charge < -0.3 is 14.4 Å². The van der Waals surface area contributed by atoms with Crippen molar-refractivity contribution in [3.05, 3.63) is 33.8 Å². The number of likely N-dealkylation sites (tertiary alicyclic amines) is 1. The van der Waals surface area contributed by atoms with Gasteiger partial charge in [-0.3, -0.25) is 4.79 Å². The van der Waals surface area contributed by atoms with E-state index in [0.29, 0.717) is 16.6 Å². The number of benzene rings is 1. The second kappa shape index (κ2) is 9.16. The van der Waals surface area contributed by atoms with Gasteiger partial charge in [0.1, 0.15) is 5.60 Å². The van der Waals surface area contributed by atoms with Gasteiger partial charge in [-0.25, -0.2) is 4.79 Å². The zero-order chi connectivity index (χ0) is 20.2. The molecule has 2 unspecified atom stereocenters. The van der Waals surface area contributed by atoms with E-state index in [4.69, 9.17) is 32.7 Å². The van der Waals surface area contributed by atoms with Crippen molar-refractivity contribution in [2.45, 2.75) is 52.1 Å². The minimum atomic E-state index is -0.591. The van der Waals surface area contributed by atoms with E-state index < -0.39 is 17.6 Å². The summed E-state index contributed by atoms with van der Waals surface area (Å²) in [6.07, 6.45) is 1.08. The molecule has 2 rings (SSSR count). The number of nitrogens with zero attached hydrogens (tertiary/aromatic N) is 1. The minimum absolute atomic E-state index is 0.105. The topological polar surface area (TPSA) is 55.8 Å². The largest absolute Gasteiger partial charge is 0.466 e. The number of esters is 1. The highest BCUT2D eigenvalue weighted by Gasteiger charge is 2.37. The van der Waals surface area contributed by atoms with Crippen molar-refractivity contribution in [1.29, 1.82) is 0 Å². The number of ether oxygens (including phenoxy) is 2. The molecule has 0 saturated carbocycles. The highest BCUT2D eigenvalue weighted by atomic mass is 35.5. The van der Waals surface area contributed by atoms with Gasteiger partial charge in [0.25, 0.3) is 0 Å². The third kappa shape index (κ3) is 6.01. The van der Waals surface area contributed by atoms with Crippen LogP contribution in [0.15, 0.2) is 18.2 Å². The first-order valence-corrected chi connectivity index (χ1v) is 9.97. The molecule has 27 heavy (non-hydrogen) atoms. The number of hydrogen-bond acceptors (Lipinski definition) is 4. The molecule has 0 bridgehead atoms. The molecule has 0 radical (unpaired) electrons. The van der Waals surface area contributed by atoms with Crippen LogP contribution in [0.4, 0.5) is 4.79 Å². The van der Waals surface area contributed by atoms with Crippen LogP contribution in [0.25, 0.3) is 0 Å². The van der Waals surface area contributed by atoms with E-state index in [0.717, 1.165) is 18.4 Å². The molecule has 1 aromatic carbocycles. The van der Waals surface area contributed by atoms with E-state index in [9.17, 15) is 9.59 Å². The van der Waals surface area contributed by atoms with E-state index >= 15 is 0 Å². The van der Waals surface area contributed by atoms with E-state index in [1.807, 2.05) is 26.8 Å². The smallest absolute Gasteiger partial charge is 0.410 e. The first kappa shape index (κ1) is 21.8. The molecular formula is C20H27Cl2NO4. The maximum absolute atomic E-state index is 12.7. The first-order chi connectivity index (χ1) is 12.6. The van der Waals surface area contributed by atoms with Crippen LogP contribution in [0, 0.1) is 5.92 Å². The summed E-state index contributed by atoms with van der Waals surface area (Å²) in [4.78, 5) is 26.8. The third-order valence-electron chi connectivity index (χ3n) is 4.46. The maximum Gasteiger partial charge on any atom is 0.410 e. The van der Waals surface area contributed by atoms with Crippen molar-refractivity contribution in [2.75, 3.05) is 19.7 Å². The number of rotatable bonds is 3. The zero-order valence-electron chi connectivity index (χ0n) is 16.3. The Kier molecular flexibility index (Phi) is 7.40. The Morgan fingerprint density at radius 1 is 1.22 bits per heavy atom. The Balaban J connectivity index is 2.30. The summed E-state index contributed by atoms with van der Waals surface area (Å²) in [6.45, 7) is 8.31. The van der Waals surface area contributed by atoms with E-state index in [1.165, 1.54) is 0 Å². The molecule has 1 heterocycles. The molecule has 0 aliphatic carbocycles. The predicted octanol–water partition coefficient (Wildman–Crippen LogP) is 5.29. The summed E-state index contributed by atoms with van der Waals surface area (Å²) in [5, 5.41) is 0.919. The van der Waals surface area contributed by atoms with Crippen molar-refractivity contribution in [2.24, 2.45) is 5.92 Å². The zero-order valence-corrected chi connectivity index (χ0v) is 17.8. The molecule has 0 spiro atoms. The van der Waals surface area contributed by atoms with Crippen molar-refractivity contribution in [3.63, 3.8) is 0 Å². The second-order valence-electron chi connectivity index (χ2n) is 7.71. The molecule has 1 aliphatic heterocycles. The molecule has 0 N–H and O–H groups in total. The number of amides is 1. The first-order valence-electron chi connectivity index (χ1n) is 9.22. The Morgan fingerprint density at radius 2 is 1.93 bits per heavy atom. The van der Waals surface area contributed by atoms with Crippen molar-refractivity contribution >= 4 is 35.3 Å². The van der Waals surface area contributed by atoms with Crippen LogP contribution in [0.1, 0.15) is 52.0 Å². The van der Waals surface area contributed by atoms with Gasteiger partial charge in [-0.15, -0.1) is 0 Å². The molecule has 7 heteroatoms. The predicted molar refractivity (Wildman–Crippen MR) is 106 cm³/mol. The summed E-state index contributed by atoms with van der Waals surface area (Å²) in [5.74, 6) is -0.910. The lowest BCUT2D eigenvalue weighted by atomic mass is 9.83. The van der Waals surface area contributed by atoms with Gasteiger partial charge in [-0.05, 0) is 64.2 Å². The van der Waals surface area contributed by atoms with Crippen LogP contribution in [-0.2, 0) is 14.3 Å². The number of carbonyl (C=O) groups is 2. The SMILES string of the molecule is CCOC(=O)C1CN(C(=O)OC(C)(C)C)CCCC1c1ccc(Cl)c(Cl)c1. The monoisotopic (exact) mass is 415 g/mol. The van der Waals surface area contributed by atoms with Crippen LogP contribution in [0.3, 0.4) is 0 Å². The number of carbonyl (C=O) groups excluding carboxylic acids is 2. The fraction of sp³-hybridized carbons (Fsp3) is 0.600. The third-order valence-corrected chi connectivity index (χ3v) is 5.20. The Hall–Kier alpha value is -1.46. The van der Waals surface area contributed by atoms with Gasteiger partial charge in [-0.2, -0.15) is 0 Å². The van der Waals surface area contributed by atoms with Crippen LogP contribution >= 0.6 is 23.2 Å². The average molecular weight is 416 g/mol. The summed E-state index contributed by atoms with van der Waals surface area (Å²) >= 11 is 12.2. The number of halogens is 2. The minimum Gasteiger partial charge on any atom is -0.466 e. The quantitative estimate of drug-likeness (QED) is 0.629. The van der Waals surface area contributed by atoms with Crippen molar-refractivity contribution < 1.29 is 19.1 Å². The highest BCUT2D eigenvalue weighted by Crippen LogP contribution is 2.36. The van der Waals surface area contributed by atoms with E-state index in [1.54, 1.807) is 24.0 Å². The molecular weight excluding hydrogens is 389 g/mol. The molecule has 0 aromatic heterocycles. The molecule has 1 fully saturated rings. The fourth-order valence-corrected chi connectivity index (χ4v) is 3.59. The molecule has 1 aromatic rings.